The van der Waals surface area contributed by atoms with Crippen molar-refractivity contribution >= 4 is 5.91 Å². The number of rotatable bonds is 48. The van der Waals surface area contributed by atoms with Gasteiger partial charge in [-0.2, -0.15) is 0 Å². The average molecular weight is 1310 g/mol. The van der Waals surface area contributed by atoms with Crippen LogP contribution in [0.4, 0.5) is 0 Å². The molecule has 3 aliphatic heterocycles. The van der Waals surface area contributed by atoms with Gasteiger partial charge in [-0.25, -0.2) is 0 Å². The molecule has 0 aliphatic carbocycles. The average Bonchev–Trinajstić information content (AvgIpc) is 0.900. The van der Waals surface area contributed by atoms with Gasteiger partial charge in [-0.05, 0) is 122 Å². The van der Waals surface area contributed by atoms with E-state index >= 15 is 0 Å². The Morgan fingerprint density at radius 1 is 0.409 bits per heavy atom. The predicted octanol–water partition coefficient (Wildman–Crippen LogP) is 8.71. The first-order valence-corrected chi connectivity index (χ1v) is 33.9. The van der Waals surface area contributed by atoms with Gasteiger partial charge in [-0.1, -0.05) is 196 Å². The first-order chi connectivity index (χ1) is 45.3. The van der Waals surface area contributed by atoms with Gasteiger partial charge in [0.25, 0.3) is 0 Å². The van der Waals surface area contributed by atoms with Crippen LogP contribution in [0, 0.1) is 0 Å². The number of carbonyl (C=O) groups is 1. The zero-order chi connectivity index (χ0) is 67.5. The van der Waals surface area contributed by atoms with Crippen molar-refractivity contribution in [3.05, 3.63) is 170 Å². The molecule has 3 rings (SSSR count). The summed E-state index contributed by atoms with van der Waals surface area (Å²) < 4.78 is 34.1. The molecule has 12 N–H and O–H groups in total. The van der Waals surface area contributed by atoms with Gasteiger partial charge in [-0.15, -0.1) is 0 Å². The third kappa shape index (κ3) is 35.1. The Morgan fingerprint density at radius 3 is 1.20 bits per heavy atom. The van der Waals surface area contributed by atoms with Crippen molar-refractivity contribution in [2.75, 3.05) is 26.4 Å². The van der Waals surface area contributed by atoms with Crippen molar-refractivity contribution < 1.29 is 89.4 Å². The van der Waals surface area contributed by atoms with Crippen LogP contribution in [0.5, 0.6) is 0 Å². The molecule has 19 heteroatoms. The Kier molecular flexibility index (Phi) is 47.2. The molecular weight excluding hydrogens is 1190 g/mol. The third-order valence-electron chi connectivity index (χ3n) is 15.6. The van der Waals surface area contributed by atoms with Crippen molar-refractivity contribution in [2.24, 2.45) is 0 Å². The van der Waals surface area contributed by atoms with E-state index in [4.69, 9.17) is 28.4 Å². The van der Waals surface area contributed by atoms with E-state index in [0.29, 0.717) is 12.8 Å². The summed E-state index contributed by atoms with van der Waals surface area (Å²) in [5.41, 5.74) is 0. The summed E-state index contributed by atoms with van der Waals surface area (Å²) in [5, 5.41) is 120. The van der Waals surface area contributed by atoms with Crippen LogP contribution in [0.15, 0.2) is 170 Å². The van der Waals surface area contributed by atoms with Crippen LogP contribution in [0.2, 0.25) is 0 Å². The van der Waals surface area contributed by atoms with Crippen LogP contribution in [0.3, 0.4) is 0 Å². The maximum atomic E-state index is 13.3. The lowest BCUT2D eigenvalue weighted by atomic mass is 9.96. The van der Waals surface area contributed by atoms with Gasteiger partial charge in [0.1, 0.15) is 73.2 Å². The fourth-order valence-corrected chi connectivity index (χ4v) is 10.1. The first kappa shape index (κ1) is 82.4. The quantitative estimate of drug-likeness (QED) is 0.0200. The number of amides is 1. The second-order valence-corrected chi connectivity index (χ2v) is 23.2. The smallest absolute Gasteiger partial charge is 0.220 e. The predicted molar refractivity (Wildman–Crippen MR) is 364 cm³/mol. The highest BCUT2D eigenvalue weighted by Gasteiger charge is 2.53. The SMILES string of the molecule is C/C=C/CC/C=C/CC/C=C/C(O)C(COC1OC(CO)C(OC2OC(CO)C(OC3OC(CO)C(O)C(O)C3O)C(O)C2O)C(O)C1O)NC(=O)CCCCCCC/C=C\C/C=C\C/C=C\C/C=C\C/C=C\C/C=C\C/C=C\C/C=C\C/C=C\C/C=C\C/C=C\CC. The van der Waals surface area contributed by atoms with E-state index in [1.54, 1.807) is 12.2 Å². The zero-order valence-electron chi connectivity index (χ0n) is 55.1. The zero-order valence-corrected chi connectivity index (χ0v) is 55.1. The van der Waals surface area contributed by atoms with Crippen LogP contribution < -0.4 is 5.32 Å². The van der Waals surface area contributed by atoms with Gasteiger partial charge >= 0.3 is 0 Å². The Labute approximate surface area is 554 Å². The second-order valence-electron chi connectivity index (χ2n) is 23.2. The third-order valence-corrected chi connectivity index (χ3v) is 15.6. The highest BCUT2D eigenvalue weighted by atomic mass is 16.8. The molecule has 17 atom stereocenters. The molecule has 0 aromatic carbocycles. The lowest BCUT2D eigenvalue weighted by Gasteiger charge is -2.48. The number of aliphatic hydroxyl groups is 11. The van der Waals surface area contributed by atoms with Crippen LogP contribution in [-0.2, 0) is 33.2 Å². The Bertz CT molecular complexity index is 2350. The summed E-state index contributed by atoms with van der Waals surface area (Å²) in [7, 11) is 0. The molecule has 0 aromatic heterocycles. The van der Waals surface area contributed by atoms with E-state index in [-0.39, 0.29) is 12.3 Å². The molecule has 3 heterocycles. The van der Waals surface area contributed by atoms with E-state index < -0.39 is 131 Å². The molecule has 0 bridgehead atoms. The number of hydrogen-bond acceptors (Lipinski definition) is 18. The Balaban J connectivity index is 1.34. The normalized spacial score (nSPS) is 28.6. The highest BCUT2D eigenvalue weighted by Crippen LogP contribution is 2.33. The number of nitrogens with one attached hydrogen (secondary N) is 1. The molecule has 524 valence electrons. The van der Waals surface area contributed by atoms with Crippen LogP contribution in [-0.4, -0.2) is 193 Å². The van der Waals surface area contributed by atoms with E-state index in [1.807, 2.05) is 13.0 Å². The summed E-state index contributed by atoms with van der Waals surface area (Å²) >= 11 is 0. The van der Waals surface area contributed by atoms with Gasteiger partial charge < -0.3 is 89.9 Å². The lowest BCUT2D eigenvalue weighted by molar-refractivity contribution is -0.379. The topological polar surface area (TPSA) is 307 Å². The maximum absolute atomic E-state index is 13.3. The number of carbonyl (C=O) groups excluding carboxylic acids is 1. The number of unbranched alkanes of at least 4 members (excludes halogenated alkanes) is 7. The largest absolute Gasteiger partial charge is 0.394 e. The van der Waals surface area contributed by atoms with Crippen LogP contribution >= 0.6 is 0 Å². The van der Waals surface area contributed by atoms with E-state index in [1.165, 1.54) is 0 Å². The van der Waals surface area contributed by atoms with Gasteiger partial charge in [0.15, 0.2) is 18.9 Å². The van der Waals surface area contributed by atoms with Crippen molar-refractivity contribution in [3.63, 3.8) is 0 Å². The minimum Gasteiger partial charge on any atom is -0.394 e. The van der Waals surface area contributed by atoms with Gasteiger partial charge in [0.05, 0.1) is 38.6 Å². The molecule has 0 radical (unpaired) electrons. The van der Waals surface area contributed by atoms with E-state index in [2.05, 4.69) is 164 Å². The minimum absolute atomic E-state index is 0.196. The van der Waals surface area contributed by atoms with Crippen molar-refractivity contribution in [1.82, 2.24) is 5.32 Å². The molecule has 3 aliphatic rings. The van der Waals surface area contributed by atoms with Gasteiger partial charge in [0, 0.05) is 6.42 Å². The molecule has 0 aromatic rings. The Morgan fingerprint density at radius 2 is 0.763 bits per heavy atom. The van der Waals surface area contributed by atoms with E-state index in [9.17, 15) is 61.0 Å². The number of allylic oxidation sites excluding steroid dienone is 27. The number of hydrogen-bond donors (Lipinski definition) is 12. The fraction of sp³-hybridized carbons (Fsp3) is 0.608. The van der Waals surface area contributed by atoms with Gasteiger partial charge in [-0.3, -0.25) is 4.79 Å². The molecule has 93 heavy (non-hydrogen) atoms. The van der Waals surface area contributed by atoms with Crippen LogP contribution in [0.1, 0.15) is 155 Å². The molecule has 17 unspecified atom stereocenters. The minimum atomic E-state index is -1.99. The summed E-state index contributed by atoms with van der Waals surface area (Å²) in [6, 6.07) is -1.02. The molecule has 0 spiro atoms. The Hall–Kier alpha value is -4.85. The molecular formula is C74H115NO18. The molecule has 3 saturated heterocycles. The number of aliphatic hydroxyl groups excluding tert-OH is 11. The van der Waals surface area contributed by atoms with Crippen molar-refractivity contribution in [2.45, 2.75) is 259 Å². The second kappa shape index (κ2) is 53.3. The summed E-state index contributed by atoms with van der Waals surface area (Å²) in [5.74, 6) is -0.321. The van der Waals surface area contributed by atoms with Gasteiger partial charge in [0.2, 0.25) is 5.91 Å². The molecule has 19 nitrogen and oxygen atoms in total. The summed E-state index contributed by atoms with van der Waals surface area (Å²) in [6.07, 6.45) is 52.5. The monoisotopic (exact) mass is 1310 g/mol. The summed E-state index contributed by atoms with van der Waals surface area (Å²) in [4.78, 5) is 13.3. The fourth-order valence-electron chi connectivity index (χ4n) is 10.1. The van der Waals surface area contributed by atoms with E-state index in [0.717, 1.165) is 122 Å². The van der Waals surface area contributed by atoms with Crippen molar-refractivity contribution in [3.8, 4) is 0 Å². The summed E-state index contributed by atoms with van der Waals surface area (Å²) in [6.45, 7) is 1.28. The standard InChI is InChI=1S/C74H115NO18/c1-3-5-7-9-11-13-14-15-16-17-18-19-20-21-22-23-24-25-26-27-28-29-30-31-32-33-34-35-36-37-38-39-40-41-42-44-46-48-50-52-62(80)75-57(58(79)51-49-47-45-43-12-10-8-6-4-2)56-88-72-68(86)65(83)70(60(54-77)90-72)93-74-69(87)66(84)71(61(55-78)91-74)92-73-67(85)64(82)63(81)59(53-76)89-73/h4-7,11-13,15-16,18-19,21-22,24-25,27-28,30-31,33-34,36-37,39-40,43,49,51,57-61,63-74,76-79,81-87H,3,8-10,14,17,20,23,26,29,32,35,38,41-42,44-48,50,52-56H2,1-2H3,(H,75,80)/b6-4+,7-5-,13-11-,16-15-,19-18-,22-21-,25-24-,28-27-,31-30-,34-33-,37-36-,40-39-,43-12+,51-49+. The van der Waals surface area contributed by atoms with Crippen molar-refractivity contribution in [1.29, 1.82) is 0 Å². The highest BCUT2D eigenvalue weighted by molar-refractivity contribution is 5.76. The number of ether oxygens (including phenoxy) is 6. The van der Waals surface area contributed by atoms with Crippen LogP contribution in [0.25, 0.3) is 0 Å². The first-order valence-electron chi connectivity index (χ1n) is 33.9. The molecule has 3 fully saturated rings. The molecule has 1 amide bonds. The molecule has 0 saturated carbocycles. The maximum Gasteiger partial charge on any atom is 0.220 e. The lowest BCUT2D eigenvalue weighted by Crippen LogP contribution is -2.66.